The second-order valence-corrected chi connectivity index (χ2v) is 3.22. The van der Waals surface area contributed by atoms with Gasteiger partial charge in [0.15, 0.2) is 0 Å². The largest absolute Gasteiger partial charge is 0.479 e. The predicted molar refractivity (Wildman–Crippen MR) is 69.2 cm³/mol. The van der Waals surface area contributed by atoms with E-state index in [1.165, 1.54) is 0 Å². The Bertz CT molecular complexity index is 513. The zero-order chi connectivity index (χ0) is 12.7. The lowest BCUT2D eigenvalue weighted by Crippen LogP contribution is -1.86. The highest BCUT2D eigenvalue weighted by atomic mass is 16.5. The highest BCUT2D eigenvalue weighted by molar-refractivity contribution is 5.49. The van der Waals surface area contributed by atoms with Crippen molar-refractivity contribution in [3.05, 3.63) is 35.2 Å². The predicted octanol–water partition coefficient (Wildman–Crippen LogP) is 2.24. The molecule has 1 rings (SSSR count). The molecule has 1 heterocycles. The zero-order valence-corrected chi connectivity index (χ0v) is 10.2. The van der Waals surface area contributed by atoms with E-state index in [1.807, 2.05) is 26.0 Å². The van der Waals surface area contributed by atoms with E-state index in [0.717, 1.165) is 11.3 Å². The topological polar surface area (TPSA) is 50.3 Å². The fourth-order valence-electron chi connectivity index (χ4n) is 1.15. The molecule has 0 amide bonds. The van der Waals surface area contributed by atoms with Gasteiger partial charge < -0.3 is 4.74 Å². The molecule has 17 heavy (non-hydrogen) atoms. The Kier molecular flexibility index (Phi) is 4.77. The number of aliphatic imine (C=N–C) groups is 1. The van der Waals surface area contributed by atoms with Gasteiger partial charge in [0.25, 0.3) is 0 Å². The van der Waals surface area contributed by atoms with Crippen molar-refractivity contribution in [2.45, 2.75) is 13.8 Å². The second kappa shape index (κ2) is 6.33. The van der Waals surface area contributed by atoms with Crippen molar-refractivity contribution < 1.29 is 4.74 Å². The molecule has 0 fully saturated rings. The minimum Gasteiger partial charge on any atom is -0.479 e. The van der Waals surface area contributed by atoms with Gasteiger partial charge in [-0.2, -0.15) is 0 Å². The minimum atomic E-state index is 0.490. The van der Waals surface area contributed by atoms with Crippen LogP contribution in [0, 0.1) is 18.8 Å². The first-order valence-corrected chi connectivity index (χ1v) is 5.13. The number of aromatic nitrogens is 2. The number of aromatic amines is 1. The molecule has 0 aliphatic rings. The molecule has 0 radical (unpaired) electrons. The van der Waals surface area contributed by atoms with E-state index in [-0.39, 0.29) is 0 Å². The van der Waals surface area contributed by atoms with E-state index in [1.54, 1.807) is 13.2 Å². The van der Waals surface area contributed by atoms with Crippen molar-refractivity contribution in [3.8, 4) is 17.7 Å². The van der Waals surface area contributed by atoms with Crippen molar-refractivity contribution in [3.63, 3.8) is 0 Å². The number of methoxy groups -OCH3 is 1. The molecule has 0 aliphatic carbocycles. The molecular weight excluding hydrogens is 214 g/mol. The smallest absolute Gasteiger partial charge is 0.248 e. The van der Waals surface area contributed by atoms with E-state index in [4.69, 9.17) is 4.74 Å². The normalized spacial score (nSPS) is 11.1. The number of hydrogen-bond donors (Lipinski definition) is 1. The lowest BCUT2D eigenvalue weighted by Gasteiger charge is -1.93. The lowest BCUT2D eigenvalue weighted by molar-refractivity contribution is 0.396. The number of ether oxygens (including phenoxy) is 1. The second-order valence-electron chi connectivity index (χ2n) is 3.22. The Labute approximate surface area is 101 Å². The van der Waals surface area contributed by atoms with E-state index in [9.17, 15) is 0 Å². The van der Waals surface area contributed by atoms with Crippen LogP contribution in [0.1, 0.15) is 18.2 Å². The van der Waals surface area contributed by atoms with Crippen molar-refractivity contribution in [1.82, 2.24) is 10.2 Å². The molecule has 0 atom stereocenters. The minimum absolute atomic E-state index is 0.490. The number of H-pyrrole nitrogens is 1. The molecule has 4 nitrogen and oxygen atoms in total. The molecule has 1 N–H and O–H groups in total. The third kappa shape index (κ3) is 3.35. The van der Waals surface area contributed by atoms with Crippen molar-refractivity contribution >= 4 is 6.72 Å². The number of aryl methyl sites for hydroxylation is 1. The van der Waals surface area contributed by atoms with E-state index in [2.05, 4.69) is 33.7 Å². The molecule has 4 heteroatoms. The van der Waals surface area contributed by atoms with Gasteiger partial charge in [-0.15, -0.1) is 5.10 Å². The van der Waals surface area contributed by atoms with Crippen molar-refractivity contribution in [2.75, 3.05) is 7.11 Å². The van der Waals surface area contributed by atoms with Crippen LogP contribution in [0.3, 0.4) is 0 Å². The number of hydrogen-bond acceptors (Lipinski definition) is 3. The molecule has 1 aromatic heterocycles. The van der Waals surface area contributed by atoms with Gasteiger partial charge in [0, 0.05) is 0 Å². The van der Waals surface area contributed by atoms with Gasteiger partial charge in [0.1, 0.15) is 11.3 Å². The van der Waals surface area contributed by atoms with Gasteiger partial charge in [0.05, 0.1) is 12.8 Å². The SMILES string of the molecule is C=N/C(C#Cc1c(OC)n[nH]c1C)=C\C=C/C. The Morgan fingerprint density at radius 3 is 2.94 bits per heavy atom. The summed E-state index contributed by atoms with van der Waals surface area (Å²) in [5.74, 6) is 6.37. The quantitative estimate of drug-likeness (QED) is 0.491. The summed E-state index contributed by atoms with van der Waals surface area (Å²) in [6.07, 6.45) is 5.55. The molecule has 88 valence electrons. The number of allylic oxidation sites excluding steroid dienone is 4. The van der Waals surface area contributed by atoms with Crippen LogP contribution in [0.15, 0.2) is 28.9 Å². The number of nitrogens with one attached hydrogen (secondary N) is 1. The first-order valence-electron chi connectivity index (χ1n) is 5.13. The monoisotopic (exact) mass is 229 g/mol. The Morgan fingerprint density at radius 2 is 2.35 bits per heavy atom. The fraction of sp³-hybridized carbons (Fsp3) is 0.231. The average Bonchev–Trinajstić information content (AvgIpc) is 2.70. The Balaban J connectivity index is 3.04. The third-order valence-corrected chi connectivity index (χ3v) is 2.04. The molecule has 0 unspecified atom stereocenters. The van der Waals surface area contributed by atoms with Crippen LogP contribution in [0.5, 0.6) is 5.88 Å². The summed E-state index contributed by atoms with van der Waals surface area (Å²) >= 11 is 0. The maximum Gasteiger partial charge on any atom is 0.248 e. The summed E-state index contributed by atoms with van der Waals surface area (Å²) in [4.78, 5) is 3.82. The van der Waals surface area contributed by atoms with Crippen LogP contribution in [0.25, 0.3) is 0 Å². The van der Waals surface area contributed by atoms with Gasteiger partial charge in [-0.25, -0.2) is 0 Å². The summed E-state index contributed by atoms with van der Waals surface area (Å²) < 4.78 is 5.09. The van der Waals surface area contributed by atoms with Crippen LogP contribution >= 0.6 is 0 Å². The molecule has 1 aromatic rings. The molecule has 0 bridgehead atoms. The van der Waals surface area contributed by atoms with Gasteiger partial charge in [-0.05, 0) is 32.6 Å². The highest BCUT2D eigenvalue weighted by Gasteiger charge is 2.06. The first kappa shape index (κ1) is 12.8. The molecule has 0 spiro atoms. The van der Waals surface area contributed by atoms with Gasteiger partial charge in [0.2, 0.25) is 5.88 Å². The van der Waals surface area contributed by atoms with Crippen LogP contribution in [-0.4, -0.2) is 24.0 Å². The van der Waals surface area contributed by atoms with Gasteiger partial charge >= 0.3 is 0 Å². The standard InChI is InChI=1S/C13H15N3O/c1-5-6-7-11(14-3)8-9-12-10(2)15-16-13(12)17-4/h5-7H,3H2,1-2,4H3,(H,15,16)/b6-5-,11-7-. The van der Waals surface area contributed by atoms with Gasteiger partial charge in [-0.1, -0.05) is 18.1 Å². The van der Waals surface area contributed by atoms with Gasteiger partial charge in [-0.3, -0.25) is 10.1 Å². The van der Waals surface area contributed by atoms with E-state index < -0.39 is 0 Å². The number of nitrogens with zero attached hydrogens (tertiary/aromatic N) is 2. The average molecular weight is 229 g/mol. The summed E-state index contributed by atoms with van der Waals surface area (Å²) in [7, 11) is 1.56. The zero-order valence-electron chi connectivity index (χ0n) is 10.2. The van der Waals surface area contributed by atoms with Crippen molar-refractivity contribution in [2.24, 2.45) is 4.99 Å². The number of rotatable bonds is 3. The van der Waals surface area contributed by atoms with Crippen LogP contribution < -0.4 is 4.74 Å². The van der Waals surface area contributed by atoms with Crippen LogP contribution in [0.2, 0.25) is 0 Å². The first-order chi connectivity index (χ1) is 8.22. The Morgan fingerprint density at radius 1 is 1.59 bits per heavy atom. The summed E-state index contributed by atoms with van der Waals surface area (Å²) in [5.41, 5.74) is 2.21. The molecule has 0 saturated heterocycles. The summed E-state index contributed by atoms with van der Waals surface area (Å²) in [6, 6.07) is 0. The molecule has 0 saturated carbocycles. The van der Waals surface area contributed by atoms with Crippen LogP contribution in [-0.2, 0) is 0 Å². The fourth-order valence-corrected chi connectivity index (χ4v) is 1.15. The van der Waals surface area contributed by atoms with E-state index in [0.29, 0.717) is 11.6 Å². The molecular formula is C13H15N3O. The van der Waals surface area contributed by atoms with E-state index >= 15 is 0 Å². The molecule has 0 aromatic carbocycles. The molecule has 0 aliphatic heterocycles. The van der Waals surface area contributed by atoms with Crippen molar-refractivity contribution in [1.29, 1.82) is 0 Å². The summed E-state index contributed by atoms with van der Waals surface area (Å²) in [5, 5.41) is 6.79. The van der Waals surface area contributed by atoms with Crippen LogP contribution in [0.4, 0.5) is 0 Å². The third-order valence-electron chi connectivity index (χ3n) is 2.04. The maximum atomic E-state index is 5.09. The maximum absolute atomic E-state index is 5.09. The lowest BCUT2D eigenvalue weighted by atomic mass is 10.2. The highest BCUT2D eigenvalue weighted by Crippen LogP contribution is 2.16. The Hall–Kier alpha value is -2.28. The summed E-state index contributed by atoms with van der Waals surface area (Å²) in [6.45, 7) is 7.28.